The molecule has 6 N–H and O–H groups in total. The summed E-state index contributed by atoms with van der Waals surface area (Å²) in [6, 6.07) is 12.0. The second-order valence-corrected chi connectivity index (χ2v) is 13.9. The highest BCUT2D eigenvalue weighted by molar-refractivity contribution is 6.37. The predicted octanol–water partition coefficient (Wildman–Crippen LogP) is 4.93. The highest BCUT2D eigenvalue weighted by Crippen LogP contribution is 2.41. The average Bonchev–Trinajstić information content (AvgIpc) is 3.43. The predicted molar refractivity (Wildman–Crippen MR) is 176 cm³/mol. The summed E-state index contributed by atoms with van der Waals surface area (Å²) in [6.07, 6.45) is 3.36. The monoisotopic (exact) mass is 674 g/mol. The first-order chi connectivity index (χ1) is 21.8. The largest absolute Gasteiger partial charge is 0.440 e. The van der Waals surface area contributed by atoms with Gasteiger partial charge in [0.25, 0.3) is 5.91 Å². The number of nitrogens with two attached hydrogens (primary N) is 1. The average molecular weight is 676 g/mol. The molecule has 0 bridgehead atoms. The van der Waals surface area contributed by atoms with Crippen LogP contribution in [0, 0.1) is 11.8 Å². The van der Waals surface area contributed by atoms with Crippen molar-refractivity contribution in [3.63, 3.8) is 0 Å². The Kier molecular flexibility index (Phi) is 12.5. The van der Waals surface area contributed by atoms with Gasteiger partial charge in [-0.05, 0) is 67.1 Å². The van der Waals surface area contributed by atoms with E-state index in [1.165, 1.54) is 0 Å². The minimum atomic E-state index is -1.25. The molecule has 1 heterocycles. The third-order valence-corrected chi connectivity index (χ3v) is 9.74. The molecule has 4 rings (SSSR count). The van der Waals surface area contributed by atoms with Crippen LogP contribution in [0.4, 0.5) is 4.79 Å². The molecule has 5 atom stereocenters. The van der Waals surface area contributed by atoms with E-state index in [2.05, 4.69) is 16.0 Å². The molecule has 2 unspecified atom stereocenters. The lowest BCUT2D eigenvalue weighted by molar-refractivity contribution is -0.139. The normalized spacial score (nSPS) is 20.7. The van der Waals surface area contributed by atoms with Gasteiger partial charge in [-0.2, -0.15) is 0 Å². The third kappa shape index (κ3) is 9.44. The molecule has 10 nitrogen and oxygen atoms in total. The zero-order valence-corrected chi connectivity index (χ0v) is 27.8. The molecular weight excluding hydrogens is 631 g/mol. The Labute approximate surface area is 280 Å². The molecule has 1 aliphatic carbocycles. The highest BCUT2D eigenvalue weighted by atomic mass is 35.5. The number of primary amides is 1. The van der Waals surface area contributed by atoms with Crippen LogP contribution >= 0.6 is 23.2 Å². The van der Waals surface area contributed by atoms with Crippen LogP contribution in [0.2, 0.25) is 10.0 Å². The van der Waals surface area contributed by atoms with Crippen LogP contribution in [0.5, 0.6) is 0 Å². The first-order valence-corrected chi connectivity index (χ1v) is 16.6. The molecule has 2 aromatic rings. The molecule has 46 heavy (non-hydrogen) atoms. The first-order valence-electron chi connectivity index (χ1n) is 15.9. The van der Waals surface area contributed by atoms with Gasteiger partial charge in [-0.25, -0.2) is 4.79 Å². The van der Waals surface area contributed by atoms with Gasteiger partial charge in [0.15, 0.2) is 0 Å². The second kappa shape index (κ2) is 16.1. The minimum absolute atomic E-state index is 0.0226. The number of carbonyl (C=O) groups is 4. The molecule has 3 amide bonds. The fourth-order valence-electron chi connectivity index (χ4n) is 6.55. The minimum Gasteiger partial charge on any atom is -0.440 e. The van der Waals surface area contributed by atoms with E-state index in [1.807, 2.05) is 32.0 Å². The molecule has 0 aromatic heterocycles. The molecule has 1 saturated heterocycles. The Balaban J connectivity index is 1.58. The van der Waals surface area contributed by atoms with E-state index in [4.69, 9.17) is 33.7 Å². The Morgan fingerprint density at radius 3 is 2.26 bits per heavy atom. The summed E-state index contributed by atoms with van der Waals surface area (Å²) >= 11 is 12.5. The third-order valence-electron chi connectivity index (χ3n) is 9.25. The van der Waals surface area contributed by atoms with E-state index < -0.39 is 53.5 Å². The number of aliphatic hydroxyl groups excluding tert-OH is 1. The summed E-state index contributed by atoms with van der Waals surface area (Å²) in [5.74, 6) is -2.96. The molecule has 0 radical (unpaired) electrons. The quantitative estimate of drug-likeness (QED) is 0.188. The second-order valence-electron chi connectivity index (χ2n) is 13.0. The maximum atomic E-state index is 13.8. The number of hydrogen-bond donors (Lipinski definition) is 5. The Morgan fingerprint density at radius 2 is 1.65 bits per heavy atom. The molecule has 2 fully saturated rings. The SMILES string of the molecule is CC(C)(c1cccc(Cl)c1)C(OC(=O)N[C@@H](CC1CCCCC1)C(=O)N[C@@H](C[C@@H]1CCNC1O)C(=O)C(N)=O)c1ccc(Cl)cc1. The molecule has 1 aliphatic heterocycles. The molecule has 2 aliphatic rings. The van der Waals surface area contributed by atoms with E-state index in [1.54, 1.807) is 30.3 Å². The Bertz CT molecular complexity index is 1380. The lowest BCUT2D eigenvalue weighted by Gasteiger charge is -2.35. The number of benzene rings is 2. The van der Waals surface area contributed by atoms with Crippen molar-refractivity contribution in [3.05, 3.63) is 69.7 Å². The Morgan fingerprint density at radius 1 is 0.957 bits per heavy atom. The molecule has 250 valence electrons. The van der Waals surface area contributed by atoms with Crippen molar-refractivity contribution in [1.82, 2.24) is 16.0 Å². The summed E-state index contributed by atoms with van der Waals surface area (Å²) in [5, 5.41) is 19.6. The van der Waals surface area contributed by atoms with Crippen LogP contribution in [0.15, 0.2) is 48.5 Å². The number of Topliss-reactive ketones (excluding diaryl/α,β-unsaturated/α-hetero) is 1. The number of ketones is 1. The van der Waals surface area contributed by atoms with Gasteiger partial charge < -0.3 is 26.2 Å². The van der Waals surface area contributed by atoms with E-state index in [-0.39, 0.29) is 18.3 Å². The number of hydrogen-bond acceptors (Lipinski definition) is 7. The molecule has 1 saturated carbocycles. The summed E-state index contributed by atoms with van der Waals surface area (Å²) in [4.78, 5) is 52.2. The van der Waals surface area contributed by atoms with Crippen molar-refractivity contribution < 1.29 is 29.0 Å². The van der Waals surface area contributed by atoms with E-state index in [9.17, 15) is 24.3 Å². The van der Waals surface area contributed by atoms with Gasteiger partial charge >= 0.3 is 6.09 Å². The topological polar surface area (TPSA) is 160 Å². The van der Waals surface area contributed by atoms with Crippen LogP contribution in [0.25, 0.3) is 0 Å². The number of aliphatic hydroxyl groups is 1. The number of alkyl carbamates (subject to hydrolysis) is 1. The van der Waals surface area contributed by atoms with Crippen LogP contribution in [0.1, 0.15) is 82.4 Å². The van der Waals surface area contributed by atoms with Crippen molar-refractivity contribution in [3.8, 4) is 0 Å². The zero-order valence-electron chi connectivity index (χ0n) is 26.3. The molecule has 0 spiro atoms. The zero-order chi connectivity index (χ0) is 33.4. The van der Waals surface area contributed by atoms with Gasteiger partial charge in [-0.3, -0.25) is 19.7 Å². The summed E-state index contributed by atoms with van der Waals surface area (Å²) < 4.78 is 6.12. The van der Waals surface area contributed by atoms with Crippen LogP contribution < -0.4 is 21.7 Å². The number of nitrogens with one attached hydrogen (secondary N) is 3. The summed E-state index contributed by atoms with van der Waals surface area (Å²) in [6.45, 7) is 4.41. The number of carbonyl (C=O) groups excluding carboxylic acids is 4. The van der Waals surface area contributed by atoms with Gasteiger partial charge in [0.2, 0.25) is 11.7 Å². The fraction of sp³-hybridized carbons (Fsp3) is 0.529. The number of halogens is 2. The Hall–Kier alpha value is -3.18. The maximum absolute atomic E-state index is 13.8. The number of rotatable bonds is 13. The number of ether oxygens (including phenoxy) is 1. The van der Waals surface area contributed by atoms with E-state index in [0.717, 1.165) is 37.7 Å². The van der Waals surface area contributed by atoms with Gasteiger partial charge in [-0.15, -0.1) is 0 Å². The van der Waals surface area contributed by atoms with Crippen molar-refractivity contribution in [1.29, 1.82) is 0 Å². The van der Waals surface area contributed by atoms with Crippen molar-refractivity contribution in [2.45, 2.75) is 95.0 Å². The van der Waals surface area contributed by atoms with Crippen LogP contribution in [-0.4, -0.2) is 53.7 Å². The van der Waals surface area contributed by atoms with Gasteiger partial charge in [0.1, 0.15) is 18.4 Å². The van der Waals surface area contributed by atoms with Crippen molar-refractivity contribution >= 4 is 46.9 Å². The summed E-state index contributed by atoms with van der Waals surface area (Å²) in [7, 11) is 0. The fourth-order valence-corrected chi connectivity index (χ4v) is 6.86. The van der Waals surface area contributed by atoms with E-state index >= 15 is 0 Å². The standard InChI is InChI=1S/C34H44Cl2N4O6/c1-34(2,23-9-6-10-25(36)19-23)29(21-11-13-24(35)14-12-21)46-33(45)40-27(17-20-7-4-3-5-8-20)32(44)39-26(28(41)30(37)42)18-22-15-16-38-31(22)43/h6,9-14,19-20,22,26-27,29,31,38,43H,3-5,7-8,15-18H2,1-2H3,(H2,37,42)(H,39,44)(H,40,45)/t22-,26-,27-,29?,31?/m0/s1. The van der Waals surface area contributed by atoms with Crippen LogP contribution in [0.3, 0.4) is 0 Å². The van der Waals surface area contributed by atoms with E-state index in [0.29, 0.717) is 35.0 Å². The van der Waals surface area contributed by atoms with Crippen molar-refractivity contribution in [2.75, 3.05) is 6.54 Å². The first kappa shape index (κ1) is 35.7. The van der Waals surface area contributed by atoms with Gasteiger partial charge in [0.05, 0.1) is 6.04 Å². The lowest BCUT2D eigenvalue weighted by Crippen LogP contribution is -2.55. The lowest BCUT2D eigenvalue weighted by atomic mass is 9.76. The van der Waals surface area contributed by atoms with Crippen molar-refractivity contribution in [2.24, 2.45) is 17.6 Å². The maximum Gasteiger partial charge on any atom is 0.408 e. The molecule has 12 heteroatoms. The highest BCUT2D eigenvalue weighted by Gasteiger charge is 2.39. The van der Waals surface area contributed by atoms with Crippen LogP contribution in [-0.2, 0) is 24.5 Å². The molecule has 2 aromatic carbocycles. The smallest absolute Gasteiger partial charge is 0.408 e. The molecular formula is C34H44Cl2N4O6. The van der Waals surface area contributed by atoms with Gasteiger partial charge in [0, 0.05) is 21.4 Å². The summed E-state index contributed by atoms with van der Waals surface area (Å²) in [5.41, 5.74) is 6.09. The number of amides is 3. The van der Waals surface area contributed by atoms with Gasteiger partial charge in [-0.1, -0.05) is 93.4 Å².